The molecule has 1 aromatic heterocycles. The Morgan fingerprint density at radius 2 is 1.06 bits per heavy atom. The Kier molecular flexibility index (Phi) is 40.1. The molecule has 25 N–H and O–H groups in total. The smallest absolute Gasteiger partial charge is 0.326 e. The average molecular weight is 1480 g/mol. The van der Waals surface area contributed by atoms with Gasteiger partial charge in [-0.2, -0.15) is 0 Å². The molecule has 1 aliphatic rings. The van der Waals surface area contributed by atoms with Gasteiger partial charge in [-0.3, -0.25) is 72.1 Å². The number of nitrogens with zero attached hydrogens (tertiary/aromatic N) is 3. The number of aromatic nitrogens is 2. The SMILES string of the molecule is CC(=O)O.CC(C)C[C@H](NC(=O)[C@H](CC(C)C)NC(=O)[C@H](CCCCN)NC(=O)[C@H](Cc1ccccc1)NC(=O)[C@H](CC(N)=O)NC(=O)[C@@H](NC(=O)[C@@H]1CCCN1C(=O)[C@H](CC(=O)O)NC(=O)[C@@H](NC(=O)[C@@H](N)CCCN=C(N)N)C(C)C)C(C)C)C(=O)N[C@@H](CO)C(=O)N[C@@H](Cc1cnc[nH]1)C(=O)O. The molecular formula is C67H109N19O19. The molecule has 2 heterocycles. The second kappa shape index (κ2) is 46.4. The van der Waals surface area contributed by atoms with Crippen molar-refractivity contribution >= 4 is 94.8 Å². The largest absolute Gasteiger partial charge is 0.481 e. The lowest BCUT2D eigenvalue weighted by molar-refractivity contribution is -0.146. The first kappa shape index (κ1) is 90.7. The van der Waals surface area contributed by atoms with Crippen LogP contribution in [0.3, 0.4) is 0 Å². The Balaban J connectivity index is 0.00000911. The van der Waals surface area contributed by atoms with E-state index in [2.05, 4.69) is 68.1 Å². The molecule has 1 aliphatic heterocycles. The number of amides is 12. The summed E-state index contributed by atoms with van der Waals surface area (Å²) in [6, 6.07) is -9.31. The highest BCUT2D eigenvalue weighted by Crippen LogP contribution is 2.22. The quantitative estimate of drug-likeness (QED) is 0.0169. The van der Waals surface area contributed by atoms with Gasteiger partial charge in [-0.1, -0.05) is 85.7 Å². The number of carbonyl (C=O) groups is 15. The van der Waals surface area contributed by atoms with E-state index in [1.54, 1.807) is 85.7 Å². The van der Waals surface area contributed by atoms with Crippen molar-refractivity contribution in [2.75, 3.05) is 26.2 Å². The zero-order valence-electron chi connectivity index (χ0n) is 60.9. The number of unbranched alkanes of at least 4 members (excludes halogenated alkanes) is 1. The fourth-order valence-electron chi connectivity index (χ4n) is 10.9. The van der Waals surface area contributed by atoms with E-state index >= 15 is 0 Å². The lowest BCUT2D eigenvalue weighted by Gasteiger charge is -2.31. The number of carbonyl (C=O) groups excluding carboxylic acids is 12. The molecule has 1 aromatic carbocycles. The van der Waals surface area contributed by atoms with Gasteiger partial charge in [0.25, 0.3) is 5.97 Å². The van der Waals surface area contributed by atoms with Crippen LogP contribution in [0.5, 0.6) is 0 Å². The molecule has 0 aliphatic carbocycles. The maximum absolute atomic E-state index is 14.7. The Labute approximate surface area is 609 Å². The lowest BCUT2D eigenvalue weighted by atomic mass is 9.99. The number of carboxylic acid groups (broad SMARTS) is 3. The van der Waals surface area contributed by atoms with Crippen molar-refractivity contribution in [1.82, 2.24) is 68.0 Å². The molecule has 0 spiro atoms. The number of carboxylic acids is 3. The van der Waals surface area contributed by atoms with Crippen LogP contribution in [0.4, 0.5) is 0 Å². The first-order chi connectivity index (χ1) is 49.3. The molecule has 12 atom stereocenters. The number of aliphatic imine (C=N–C) groups is 1. The first-order valence-electron chi connectivity index (χ1n) is 34.7. The van der Waals surface area contributed by atoms with Crippen molar-refractivity contribution in [3.05, 3.63) is 54.1 Å². The summed E-state index contributed by atoms with van der Waals surface area (Å²) in [5.41, 5.74) is 29.1. The zero-order chi connectivity index (χ0) is 79.4. The number of hydrogen-bond donors (Lipinski definition) is 20. The van der Waals surface area contributed by atoms with Gasteiger partial charge in [-0.15, -0.1) is 0 Å². The van der Waals surface area contributed by atoms with Crippen LogP contribution in [-0.4, -0.2) is 229 Å². The summed E-state index contributed by atoms with van der Waals surface area (Å²) in [7, 11) is 0. The maximum Gasteiger partial charge on any atom is 0.326 e. The molecule has 0 bridgehead atoms. The number of aliphatic carboxylic acids is 3. The fourth-order valence-corrected chi connectivity index (χ4v) is 10.9. The van der Waals surface area contributed by atoms with Crippen LogP contribution in [0.15, 0.2) is 47.8 Å². The lowest BCUT2D eigenvalue weighted by Crippen LogP contribution is -2.62. The van der Waals surface area contributed by atoms with Gasteiger partial charge in [0.2, 0.25) is 70.9 Å². The number of guanidine groups is 1. The molecular weight excluding hydrogens is 1370 g/mol. The minimum absolute atomic E-state index is 0.00591. The summed E-state index contributed by atoms with van der Waals surface area (Å²) in [6.07, 6.45) is 1.74. The second-order valence-electron chi connectivity index (χ2n) is 27.0. The molecule has 12 amide bonds. The second-order valence-corrected chi connectivity index (χ2v) is 27.0. The first-order valence-corrected chi connectivity index (χ1v) is 34.7. The van der Waals surface area contributed by atoms with E-state index in [-0.39, 0.29) is 95.2 Å². The fraction of sp³-hybridized carbons (Fsp3) is 0.627. The highest BCUT2D eigenvalue weighted by molar-refractivity contribution is 6.01. The van der Waals surface area contributed by atoms with Gasteiger partial charge in [0.1, 0.15) is 66.5 Å². The molecule has 1 fully saturated rings. The predicted octanol–water partition coefficient (Wildman–Crippen LogP) is -4.53. The number of aliphatic hydroxyl groups excluding tert-OH is 1. The maximum atomic E-state index is 14.7. The highest BCUT2D eigenvalue weighted by Gasteiger charge is 2.42. The number of hydrogen-bond acceptors (Lipinski definition) is 20. The van der Waals surface area contributed by atoms with Crippen molar-refractivity contribution in [1.29, 1.82) is 0 Å². The summed E-state index contributed by atoms with van der Waals surface area (Å²) in [4.78, 5) is 213. The molecule has 0 saturated carbocycles. The molecule has 3 rings (SSSR count). The van der Waals surface area contributed by atoms with Crippen LogP contribution in [0, 0.1) is 23.7 Å². The average Bonchev–Trinajstić information content (AvgIpc) is 1.73. The number of nitrogens with one attached hydrogen (secondary N) is 11. The summed E-state index contributed by atoms with van der Waals surface area (Å²) in [5, 5.41) is 62.6. The number of H-pyrrole nitrogens is 1. The van der Waals surface area contributed by atoms with E-state index < -0.39 is 193 Å². The molecule has 2 aromatic rings. The Bertz CT molecular complexity index is 3260. The van der Waals surface area contributed by atoms with E-state index in [1.165, 1.54) is 12.5 Å². The monoisotopic (exact) mass is 1480 g/mol. The summed E-state index contributed by atoms with van der Waals surface area (Å²) < 4.78 is 0. The van der Waals surface area contributed by atoms with Gasteiger partial charge in [0, 0.05) is 44.7 Å². The van der Waals surface area contributed by atoms with E-state index in [1.807, 2.05) is 0 Å². The van der Waals surface area contributed by atoms with Gasteiger partial charge in [-0.25, -0.2) is 9.78 Å². The Hall–Kier alpha value is -10.4. The number of rotatable bonds is 45. The van der Waals surface area contributed by atoms with Gasteiger partial charge in [0.05, 0.1) is 31.8 Å². The van der Waals surface area contributed by atoms with Crippen LogP contribution in [0.25, 0.3) is 0 Å². The third kappa shape index (κ3) is 33.7. The normalized spacial score (nSPS) is 15.7. The van der Waals surface area contributed by atoms with Crippen LogP contribution >= 0.6 is 0 Å². The van der Waals surface area contributed by atoms with Crippen molar-refractivity contribution in [2.24, 2.45) is 57.3 Å². The highest BCUT2D eigenvalue weighted by atomic mass is 16.4. The van der Waals surface area contributed by atoms with Crippen LogP contribution < -0.4 is 81.8 Å². The van der Waals surface area contributed by atoms with E-state index in [9.17, 15) is 82.4 Å². The van der Waals surface area contributed by atoms with Crippen molar-refractivity contribution < 1.29 is 92.3 Å². The van der Waals surface area contributed by atoms with Gasteiger partial charge < -0.3 is 112 Å². The third-order valence-corrected chi connectivity index (χ3v) is 16.3. The van der Waals surface area contributed by atoms with Crippen molar-refractivity contribution in [3.8, 4) is 0 Å². The minimum atomic E-state index is -1.81. The number of nitrogens with two attached hydrogens (primary N) is 5. The number of primary amides is 1. The number of benzene rings is 1. The molecule has 0 radical (unpaired) electrons. The summed E-state index contributed by atoms with van der Waals surface area (Å²) in [5.74, 6) is -17.1. The van der Waals surface area contributed by atoms with Crippen LogP contribution in [0.1, 0.15) is 144 Å². The van der Waals surface area contributed by atoms with Crippen LogP contribution in [0.2, 0.25) is 0 Å². The van der Waals surface area contributed by atoms with Crippen molar-refractivity contribution in [3.63, 3.8) is 0 Å². The molecule has 0 unspecified atom stereocenters. The Morgan fingerprint density at radius 1 is 0.571 bits per heavy atom. The molecule has 1 saturated heterocycles. The summed E-state index contributed by atoms with van der Waals surface area (Å²) >= 11 is 0. The minimum Gasteiger partial charge on any atom is -0.481 e. The number of likely N-dealkylation sites (tertiary alicyclic amines) is 1. The van der Waals surface area contributed by atoms with Gasteiger partial charge >= 0.3 is 11.9 Å². The number of aliphatic hydroxyl groups is 1. The standard InChI is InChI=1S/C65H105N19O17.C2H4O2/c1-33(2)24-41(55(91)76-42(25-34(3)4)56(92)81-47(31-85)59(95)80-46(64(100)101)27-38-30-71-32-73-38)75-54(90)40(19-12-13-21-66)74-57(93)43(26-37-16-10-9-11-17-37)77-58(94)44(28-49(68)86)78-61(97)52(36(7)8)83-60(96)48-20-15-23-84(48)63(99)45(29-50(87)88)79-62(98)51(35(5)6)82-53(89)39(67)18-14-22-72-65(69)70;1-2(3)4/h9-11,16-17,30,32-36,39-48,51-52,85H,12-15,18-29,31,66-67H2,1-8H3,(H2,68,86)(H,71,73)(H,74,93)(H,75,90)(H,76,91)(H,77,94)(H,78,97)(H,79,98)(H,80,95)(H,81,92)(H,82,89)(H,83,96)(H,87,88)(H,100,101)(H4,69,70,72);1H3,(H,3,4)/t39-,40-,41-,42-,43-,44-,45-,46-,47-,48-,51-,52-;/m0./s1. The van der Waals surface area contributed by atoms with Gasteiger partial charge in [0.15, 0.2) is 5.96 Å². The van der Waals surface area contributed by atoms with Crippen molar-refractivity contribution in [2.45, 2.75) is 218 Å². The third-order valence-electron chi connectivity index (χ3n) is 16.3. The van der Waals surface area contributed by atoms with Crippen LogP contribution in [-0.2, 0) is 84.8 Å². The Morgan fingerprint density at radius 3 is 1.55 bits per heavy atom. The molecule has 38 heteroatoms. The topological polar surface area (TPSA) is 632 Å². The van der Waals surface area contributed by atoms with Gasteiger partial charge in [-0.05, 0) is 93.6 Å². The van der Waals surface area contributed by atoms with E-state index in [0.29, 0.717) is 24.1 Å². The van der Waals surface area contributed by atoms with E-state index in [4.69, 9.17) is 38.6 Å². The predicted molar refractivity (Wildman–Crippen MR) is 380 cm³/mol. The molecule has 38 nitrogen and oxygen atoms in total. The molecule has 105 heavy (non-hydrogen) atoms. The number of aromatic amines is 1. The van der Waals surface area contributed by atoms with E-state index in [0.717, 1.165) is 11.8 Å². The number of imidazole rings is 1. The summed E-state index contributed by atoms with van der Waals surface area (Å²) in [6.45, 7) is 13.7. The molecule has 586 valence electrons. The zero-order valence-corrected chi connectivity index (χ0v) is 60.9.